The number of fused-ring (bicyclic) bond motifs is 2. The first-order chi connectivity index (χ1) is 43.0. The summed E-state index contributed by atoms with van der Waals surface area (Å²) in [5.41, 5.74) is 0.661. The number of benzene rings is 1. The largest absolute Gasteiger partial charge is 0.455 e. The lowest BCUT2D eigenvalue weighted by Gasteiger charge is -2.51. The first-order valence-corrected chi connectivity index (χ1v) is 32.8. The number of rotatable bonds is 19. The number of hydrogen-bond donors (Lipinski definition) is 7. The predicted molar refractivity (Wildman–Crippen MR) is 318 cm³/mol. The van der Waals surface area contributed by atoms with Gasteiger partial charge in [-0.2, -0.15) is 0 Å². The highest BCUT2D eigenvalue weighted by atomic mass is 16.8. The molecule has 0 radical (unpaired) electrons. The van der Waals surface area contributed by atoms with Gasteiger partial charge in [-0.25, -0.2) is 4.79 Å². The molecule has 1 aromatic rings. The van der Waals surface area contributed by atoms with Gasteiger partial charge < -0.3 is 102 Å². The zero-order valence-corrected chi connectivity index (χ0v) is 53.8. The van der Waals surface area contributed by atoms with E-state index in [1.807, 2.05) is 0 Å². The molecule has 6 heterocycles. The Kier molecular flexibility index (Phi) is 28.7. The fourth-order valence-electron chi connectivity index (χ4n) is 11.9. The van der Waals surface area contributed by atoms with Crippen molar-refractivity contribution in [1.29, 1.82) is 0 Å². The highest BCUT2D eigenvalue weighted by Crippen LogP contribution is 2.40. The van der Waals surface area contributed by atoms with Gasteiger partial charge in [0.1, 0.15) is 67.1 Å². The van der Waals surface area contributed by atoms with Gasteiger partial charge in [-0.1, -0.05) is 123 Å². The molecule has 7 N–H and O–H groups in total. The van der Waals surface area contributed by atoms with E-state index in [0.29, 0.717) is 31.2 Å². The van der Waals surface area contributed by atoms with Crippen LogP contribution >= 0.6 is 0 Å². The maximum atomic E-state index is 14.3. The second-order valence-electron chi connectivity index (χ2n) is 25.2. The number of esters is 4. The van der Waals surface area contributed by atoms with E-state index >= 15 is 0 Å². The van der Waals surface area contributed by atoms with Crippen LogP contribution in [0.4, 0.5) is 0 Å². The van der Waals surface area contributed by atoms with Gasteiger partial charge in [-0.3, -0.25) is 14.4 Å². The van der Waals surface area contributed by atoms with Gasteiger partial charge in [0.05, 0.1) is 48.5 Å². The van der Waals surface area contributed by atoms with Crippen molar-refractivity contribution in [1.82, 2.24) is 0 Å². The summed E-state index contributed by atoms with van der Waals surface area (Å²) in [5.74, 6) is -4.47. The van der Waals surface area contributed by atoms with Crippen molar-refractivity contribution in [2.45, 2.75) is 325 Å². The smallest absolute Gasteiger partial charge is 0.331 e. The lowest BCUT2D eigenvalue weighted by molar-refractivity contribution is -0.399. The molecule has 0 spiro atoms. The van der Waals surface area contributed by atoms with Gasteiger partial charge in [0.2, 0.25) is 0 Å². The first-order valence-electron chi connectivity index (χ1n) is 32.8. The van der Waals surface area contributed by atoms with Crippen LogP contribution in [0.25, 0.3) is 6.08 Å². The number of ether oxygens (including phenoxy) is 14. The van der Waals surface area contributed by atoms with Crippen LogP contribution in [0.5, 0.6) is 0 Å². The molecule has 90 heavy (non-hydrogen) atoms. The number of hydrogen-bond acceptors (Lipinski definition) is 25. The third kappa shape index (κ3) is 19.2. The number of aliphatic hydroxyl groups is 7. The van der Waals surface area contributed by atoms with E-state index in [9.17, 15) is 54.9 Å². The van der Waals surface area contributed by atoms with Crippen molar-refractivity contribution in [3.05, 3.63) is 42.0 Å². The molecular weight excluding hydrogens is 1180 g/mol. The maximum Gasteiger partial charge on any atom is 0.331 e. The third-order valence-corrected chi connectivity index (χ3v) is 18.1. The van der Waals surface area contributed by atoms with Crippen LogP contribution < -0.4 is 0 Å². The number of carbonyl (C=O) groups excluding carboxylic acids is 4. The topological polar surface area (TPSA) is 339 Å². The van der Waals surface area contributed by atoms with E-state index in [4.69, 9.17) is 66.3 Å². The SMILES string of the molecule is CCCCCC1CCCCCCCCCC(=O)O[C@H]2[C@H](O[C@H]3[C@H](O1)O[C@H](C)[C@H](O)[C@@H]3O)O[C@@H](C)[C@H](O[C@@H]1O[C@@H](C)[C@H](O[C@@H]3O[C@@H](C)[C@H](OC(=O)C(C)CC)[C@@H](OC(=O)/C=C/c4ccccc4)[C@H]3O)[C@@H](O[C@@H]3O[C@@H](C)[C@H](O)[C@@H](O)[C@H]3O)[C@H]1OC(=O)C(C)CC)[C@H]2O. The van der Waals surface area contributed by atoms with E-state index in [-0.39, 0.29) is 18.9 Å². The standard InChI is InChI=1S/C65H102O25/c1-11-14-21-28-41-29-24-18-16-15-17-19-25-30-42(66)84-56-49(73)51(37(8)80-64(56)89-55-47(71)45(69)36(7)78-63(55)82-41)87-65-58(86-60(76)34(5)13-3)57(90-61-48(72)46(70)44(68)35(6)77-61)53(39(10)81-65)88-62-50(74)54(52(38(9)79-62)85-59(75)33(4)12-2)83-43(67)32-31-40-26-22-20-23-27-40/h20,22-23,26-27,31-39,41,44-58,61-65,68-74H,11-19,21,24-25,28-30H2,1-10H3/b32-31+/t33?,34?,35-,36+,37-,38-,39-,41?,44-,45-,46+,47-,48+,49+,50+,51-,52-,53-,54-,55+,56+,57+,58+,61-,62-,63-,64-,65-/m0/s1. The number of carbonyl (C=O) groups is 4. The van der Waals surface area contributed by atoms with Gasteiger partial charge >= 0.3 is 23.9 Å². The predicted octanol–water partition coefficient (Wildman–Crippen LogP) is 4.72. The maximum absolute atomic E-state index is 14.3. The van der Waals surface area contributed by atoms with Crippen LogP contribution in [-0.2, 0) is 85.5 Å². The van der Waals surface area contributed by atoms with Gasteiger partial charge in [-0.15, -0.1) is 0 Å². The Labute approximate surface area is 528 Å². The minimum Gasteiger partial charge on any atom is -0.455 e. The van der Waals surface area contributed by atoms with Crippen molar-refractivity contribution >= 4 is 30.0 Å². The average Bonchev–Trinajstić information content (AvgIpc) is 0.839. The summed E-state index contributed by atoms with van der Waals surface area (Å²) in [4.78, 5) is 55.2. The minimum absolute atomic E-state index is 0.0408. The summed E-state index contributed by atoms with van der Waals surface area (Å²) in [5, 5.41) is 81.4. The van der Waals surface area contributed by atoms with Crippen LogP contribution in [0.3, 0.4) is 0 Å². The summed E-state index contributed by atoms with van der Waals surface area (Å²) in [6, 6.07) is 8.86. The Morgan fingerprint density at radius 2 is 1.04 bits per heavy atom. The molecule has 0 aliphatic carbocycles. The fourth-order valence-corrected chi connectivity index (χ4v) is 11.9. The normalized spacial score (nSPS) is 41.0. The van der Waals surface area contributed by atoms with Crippen molar-refractivity contribution < 1.29 is 121 Å². The lowest BCUT2D eigenvalue weighted by atomic mass is 9.95. The molecule has 1 aromatic carbocycles. The molecule has 25 nitrogen and oxygen atoms in total. The van der Waals surface area contributed by atoms with Crippen LogP contribution in [0, 0.1) is 11.8 Å². The van der Waals surface area contributed by atoms with E-state index < -0.39 is 189 Å². The van der Waals surface area contributed by atoms with Crippen LogP contribution in [-0.4, -0.2) is 219 Å². The molecule has 6 aliphatic heterocycles. The molecular formula is C65H102O25. The van der Waals surface area contributed by atoms with Gasteiger partial charge in [-0.05, 0) is 78.4 Å². The van der Waals surface area contributed by atoms with Crippen molar-refractivity contribution in [2.24, 2.45) is 11.8 Å². The molecule has 6 aliphatic rings. The molecule has 28 atom stereocenters. The molecule has 7 rings (SSSR count). The molecule has 3 unspecified atom stereocenters. The number of aliphatic hydroxyl groups excluding tert-OH is 7. The lowest BCUT2D eigenvalue weighted by Crippen LogP contribution is -2.68. The number of unbranched alkanes of at least 4 members (excludes halogenated alkanes) is 2. The molecule has 0 bridgehead atoms. The van der Waals surface area contributed by atoms with E-state index in [1.54, 1.807) is 65.0 Å². The van der Waals surface area contributed by atoms with Crippen molar-refractivity contribution in [3.63, 3.8) is 0 Å². The summed E-state index contributed by atoms with van der Waals surface area (Å²) < 4.78 is 88.9. The third-order valence-electron chi connectivity index (χ3n) is 18.1. The highest BCUT2D eigenvalue weighted by molar-refractivity contribution is 5.87. The monoisotopic (exact) mass is 1280 g/mol. The van der Waals surface area contributed by atoms with Gasteiger partial charge in [0, 0.05) is 12.5 Å². The van der Waals surface area contributed by atoms with Gasteiger partial charge in [0.25, 0.3) is 0 Å². The Bertz CT molecular complexity index is 2380. The van der Waals surface area contributed by atoms with Crippen molar-refractivity contribution in [3.8, 4) is 0 Å². The second-order valence-corrected chi connectivity index (χ2v) is 25.2. The van der Waals surface area contributed by atoms with E-state index in [2.05, 4.69) is 6.92 Å². The second kappa shape index (κ2) is 35.1. The quantitative estimate of drug-likeness (QED) is 0.0426. The molecule has 25 heteroatoms. The summed E-state index contributed by atoms with van der Waals surface area (Å²) in [6.45, 7) is 16.4. The first kappa shape index (κ1) is 73.6. The zero-order chi connectivity index (χ0) is 65.5. The van der Waals surface area contributed by atoms with Crippen molar-refractivity contribution in [2.75, 3.05) is 0 Å². The highest BCUT2D eigenvalue weighted by Gasteiger charge is 2.59. The Balaban J connectivity index is 1.24. The molecule has 6 saturated heterocycles. The van der Waals surface area contributed by atoms with Gasteiger partial charge in [0.15, 0.2) is 55.9 Å². The average molecular weight is 1280 g/mol. The van der Waals surface area contributed by atoms with Crippen LogP contribution in [0.1, 0.15) is 171 Å². The van der Waals surface area contributed by atoms with E-state index in [1.165, 1.54) is 33.8 Å². The van der Waals surface area contributed by atoms with Crippen LogP contribution in [0.2, 0.25) is 0 Å². The van der Waals surface area contributed by atoms with Crippen LogP contribution in [0.15, 0.2) is 36.4 Å². The fraction of sp³-hybridized carbons (Fsp3) is 0.815. The summed E-state index contributed by atoms with van der Waals surface area (Å²) in [6.07, 6.45) is -25.8. The van der Waals surface area contributed by atoms with E-state index in [0.717, 1.165) is 63.9 Å². The Morgan fingerprint density at radius 1 is 0.511 bits per heavy atom. The zero-order valence-electron chi connectivity index (χ0n) is 53.8. The molecule has 6 fully saturated rings. The minimum atomic E-state index is -1.95. The molecule has 0 saturated carbocycles. The Morgan fingerprint density at radius 3 is 1.71 bits per heavy atom. The summed E-state index contributed by atoms with van der Waals surface area (Å²) >= 11 is 0. The Hall–Kier alpha value is -3.84. The summed E-state index contributed by atoms with van der Waals surface area (Å²) in [7, 11) is 0. The molecule has 512 valence electrons. The molecule has 0 amide bonds. The molecule has 0 aromatic heterocycles.